The first-order valence-corrected chi connectivity index (χ1v) is 4.53. The summed E-state index contributed by atoms with van der Waals surface area (Å²) in [5.41, 5.74) is 0. The summed E-state index contributed by atoms with van der Waals surface area (Å²) in [6.45, 7) is 3.16. The van der Waals surface area contributed by atoms with Crippen LogP contribution in [0.25, 0.3) is 0 Å². The molecule has 70 valence electrons. The van der Waals surface area contributed by atoms with Gasteiger partial charge in [-0.05, 0) is 6.42 Å². The third-order valence-corrected chi connectivity index (χ3v) is 2.20. The number of terminal acetylenes is 1. The minimum Gasteiger partial charge on any atom is -0.379 e. The molecule has 3 nitrogen and oxygen atoms in total. The van der Waals surface area contributed by atoms with Gasteiger partial charge in [0.2, 0.25) is 0 Å². The van der Waals surface area contributed by atoms with Gasteiger partial charge in [-0.1, -0.05) is 0 Å². The van der Waals surface area contributed by atoms with Crippen molar-refractivity contribution in [3.05, 3.63) is 0 Å². The van der Waals surface area contributed by atoms with Crippen LogP contribution < -0.4 is 0 Å². The Hall–Kier alpha value is -1.03. The number of nitriles is 1. The first-order chi connectivity index (χ1) is 6.38. The highest BCUT2D eigenvalue weighted by atomic mass is 16.5. The van der Waals surface area contributed by atoms with Gasteiger partial charge in [0, 0.05) is 19.5 Å². The molecule has 0 aromatic heterocycles. The van der Waals surface area contributed by atoms with Crippen molar-refractivity contribution in [1.29, 1.82) is 5.26 Å². The predicted molar refractivity (Wildman–Crippen MR) is 49.9 cm³/mol. The fourth-order valence-electron chi connectivity index (χ4n) is 1.44. The Bertz CT molecular complexity index is 220. The number of rotatable bonds is 3. The molecule has 0 radical (unpaired) electrons. The van der Waals surface area contributed by atoms with Gasteiger partial charge in [0.15, 0.2) is 0 Å². The second kappa shape index (κ2) is 5.59. The molecule has 1 rings (SSSR count). The van der Waals surface area contributed by atoms with Gasteiger partial charge in [0.05, 0.1) is 25.3 Å². The molecule has 1 saturated heterocycles. The van der Waals surface area contributed by atoms with Gasteiger partial charge in [0.25, 0.3) is 0 Å². The highest BCUT2D eigenvalue weighted by Crippen LogP contribution is 2.08. The van der Waals surface area contributed by atoms with Crippen molar-refractivity contribution in [2.45, 2.75) is 18.9 Å². The van der Waals surface area contributed by atoms with Crippen LogP contribution in [0.3, 0.4) is 0 Å². The molecular formula is C10H14N2O. The Morgan fingerprint density at radius 2 is 2.15 bits per heavy atom. The zero-order valence-electron chi connectivity index (χ0n) is 7.70. The Labute approximate surface area is 79.3 Å². The van der Waals surface area contributed by atoms with Gasteiger partial charge in [-0.15, -0.1) is 12.3 Å². The van der Waals surface area contributed by atoms with Crippen LogP contribution in [0, 0.1) is 23.7 Å². The lowest BCUT2D eigenvalue weighted by Crippen LogP contribution is -2.42. The van der Waals surface area contributed by atoms with E-state index in [0.717, 1.165) is 32.7 Å². The van der Waals surface area contributed by atoms with E-state index in [0.29, 0.717) is 6.42 Å². The summed E-state index contributed by atoms with van der Waals surface area (Å²) >= 11 is 0. The molecule has 0 aromatic rings. The molecule has 0 aliphatic carbocycles. The largest absolute Gasteiger partial charge is 0.379 e. The average molecular weight is 178 g/mol. The molecule has 1 atom stereocenters. The Morgan fingerprint density at radius 1 is 1.46 bits per heavy atom. The quantitative estimate of drug-likeness (QED) is 0.594. The lowest BCUT2D eigenvalue weighted by Gasteiger charge is -2.30. The maximum absolute atomic E-state index is 8.90. The lowest BCUT2D eigenvalue weighted by atomic mass is 10.1. The molecule has 0 N–H and O–H groups in total. The second-order valence-corrected chi connectivity index (χ2v) is 3.04. The summed E-state index contributed by atoms with van der Waals surface area (Å²) in [7, 11) is 0. The standard InChI is InChI=1S/C10H14N2O/c1-2-3-4-10(9-11)12-5-7-13-8-6-12/h1,10H,3-8H2. The Morgan fingerprint density at radius 3 is 2.69 bits per heavy atom. The number of ether oxygens (including phenoxy) is 1. The number of nitrogens with zero attached hydrogens (tertiary/aromatic N) is 2. The van der Waals surface area contributed by atoms with Crippen LogP contribution in [0.5, 0.6) is 0 Å². The SMILES string of the molecule is C#CCCC(C#N)N1CCOCC1. The number of morpholine rings is 1. The molecule has 0 aromatic carbocycles. The number of hydrogen-bond acceptors (Lipinski definition) is 3. The first kappa shape index (κ1) is 10.1. The molecule has 0 saturated carbocycles. The fourth-order valence-corrected chi connectivity index (χ4v) is 1.44. The van der Waals surface area contributed by atoms with Gasteiger partial charge >= 0.3 is 0 Å². The maximum atomic E-state index is 8.90. The van der Waals surface area contributed by atoms with E-state index in [1.54, 1.807) is 0 Å². The van der Waals surface area contributed by atoms with Crippen molar-refractivity contribution in [3.63, 3.8) is 0 Å². The van der Waals surface area contributed by atoms with E-state index in [-0.39, 0.29) is 6.04 Å². The highest BCUT2D eigenvalue weighted by Gasteiger charge is 2.19. The second-order valence-electron chi connectivity index (χ2n) is 3.04. The van der Waals surface area contributed by atoms with Crippen LogP contribution in [0.1, 0.15) is 12.8 Å². The molecule has 13 heavy (non-hydrogen) atoms. The third kappa shape index (κ3) is 3.06. The van der Waals surface area contributed by atoms with Gasteiger partial charge in [-0.2, -0.15) is 5.26 Å². The Balaban J connectivity index is 2.37. The van der Waals surface area contributed by atoms with Crippen molar-refractivity contribution in [3.8, 4) is 18.4 Å². The molecule has 3 heteroatoms. The topological polar surface area (TPSA) is 36.3 Å². The van der Waals surface area contributed by atoms with Crippen LogP contribution in [-0.2, 0) is 4.74 Å². The zero-order valence-corrected chi connectivity index (χ0v) is 7.70. The lowest BCUT2D eigenvalue weighted by molar-refractivity contribution is 0.0258. The van der Waals surface area contributed by atoms with Crippen molar-refractivity contribution >= 4 is 0 Å². The van der Waals surface area contributed by atoms with E-state index < -0.39 is 0 Å². The van der Waals surface area contributed by atoms with Gasteiger partial charge < -0.3 is 4.74 Å². The third-order valence-electron chi connectivity index (χ3n) is 2.20. The summed E-state index contributed by atoms with van der Waals surface area (Å²) in [4.78, 5) is 2.14. The van der Waals surface area contributed by atoms with Gasteiger partial charge in [0.1, 0.15) is 0 Å². The first-order valence-electron chi connectivity index (χ1n) is 4.53. The summed E-state index contributed by atoms with van der Waals surface area (Å²) in [5, 5.41) is 8.90. The minimum atomic E-state index is -0.0278. The fraction of sp³-hybridized carbons (Fsp3) is 0.700. The molecule has 1 heterocycles. The zero-order chi connectivity index (χ0) is 9.52. The summed E-state index contributed by atoms with van der Waals surface area (Å²) in [5.74, 6) is 2.56. The van der Waals surface area contributed by atoms with E-state index in [4.69, 9.17) is 16.4 Å². The van der Waals surface area contributed by atoms with E-state index in [9.17, 15) is 0 Å². The predicted octanol–water partition coefficient (Wildman–Crippen LogP) is 0.624. The molecule has 0 bridgehead atoms. The Kier molecular flexibility index (Phi) is 4.32. The monoisotopic (exact) mass is 178 g/mol. The smallest absolute Gasteiger partial charge is 0.0988 e. The van der Waals surface area contributed by atoms with E-state index >= 15 is 0 Å². The van der Waals surface area contributed by atoms with Crippen LogP contribution in [0.15, 0.2) is 0 Å². The van der Waals surface area contributed by atoms with Crippen LogP contribution in [0.2, 0.25) is 0 Å². The molecule has 1 aliphatic rings. The normalized spacial score (nSPS) is 20.2. The van der Waals surface area contributed by atoms with E-state index in [2.05, 4.69) is 16.9 Å². The summed E-state index contributed by atoms with van der Waals surface area (Å²) in [6.07, 6.45) is 6.61. The van der Waals surface area contributed by atoms with Crippen molar-refractivity contribution in [1.82, 2.24) is 4.90 Å². The maximum Gasteiger partial charge on any atom is 0.0988 e. The van der Waals surface area contributed by atoms with Crippen molar-refractivity contribution < 1.29 is 4.74 Å². The van der Waals surface area contributed by atoms with Crippen molar-refractivity contribution in [2.75, 3.05) is 26.3 Å². The summed E-state index contributed by atoms with van der Waals surface area (Å²) in [6, 6.07) is 2.25. The van der Waals surface area contributed by atoms with Crippen LogP contribution >= 0.6 is 0 Å². The van der Waals surface area contributed by atoms with E-state index in [1.807, 2.05) is 0 Å². The van der Waals surface area contributed by atoms with E-state index in [1.165, 1.54) is 0 Å². The van der Waals surface area contributed by atoms with Gasteiger partial charge in [-0.3, -0.25) is 4.90 Å². The molecule has 1 unspecified atom stereocenters. The molecular weight excluding hydrogens is 164 g/mol. The molecule has 0 amide bonds. The molecule has 0 spiro atoms. The highest BCUT2D eigenvalue weighted by molar-refractivity contribution is 4.96. The minimum absolute atomic E-state index is 0.0278. The van der Waals surface area contributed by atoms with Crippen LogP contribution in [-0.4, -0.2) is 37.2 Å². The average Bonchev–Trinajstić information content (AvgIpc) is 2.21. The molecule has 1 fully saturated rings. The van der Waals surface area contributed by atoms with Crippen molar-refractivity contribution in [2.24, 2.45) is 0 Å². The number of hydrogen-bond donors (Lipinski definition) is 0. The van der Waals surface area contributed by atoms with Gasteiger partial charge in [-0.25, -0.2) is 0 Å². The van der Waals surface area contributed by atoms with Crippen LogP contribution in [0.4, 0.5) is 0 Å². The molecule has 1 aliphatic heterocycles. The summed E-state index contributed by atoms with van der Waals surface area (Å²) < 4.78 is 5.21.